The van der Waals surface area contributed by atoms with Crippen molar-refractivity contribution in [1.82, 2.24) is 10.3 Å². The number of benzene rings is 1. The topological polar surface area (TPSA) is 42.0 Å². The number of carbonyl (C=O) groups is 1. The van der Waals surface area contributed by atoms with Gasteiger partial charge < -0.3 is 5.32 Å². The molecule has 0 bridgehead atoms. The average Bonchev–Trinajstić information content (AvgIpc) is 2.40. The fourth-order valence-corrected chi connectivity index (χ4v) is 1.39. The van der Waals surface area contributed by atoms with E-state index in [9.17, 15) is 9.18 Å². The van der Waals surface area contributed by atoms with Gasteiger partial charge in [-0.15, -0.1) is 0 Å². The lowest BCUT2D eigenvalue weighted by molar-refractivity contribution is 0.0889. The summed E-state index contributed by atoms with van der Waals surface area (Å²) < 4.78 is 13.7. The zero-order valence-corrected chi connectivity index (χ0v) is 9.01. The minimum absolute atomic E-state index is 0.200. The summed E-state index contributed by atoms with van der Waals surface area (Å²) in [5.41, 5.74) is 0.614. The molecule has 1 aromatic heterocycles. The number of pyridine rings is 1. The maximum atomic E-state index is 13.7. The van der Waals surface area contributed by atoms with Gasteiger partial charge in [-0.25, -0.2) is 4.39 Å². The third kappa shape index (κ3) is 2.87. The van der Waals surface area contributed by atoms with Crippen LogP contribution in [0.3, 0.4) is 0 Å². The van der Waals surface area contributed by atoms with Crippen molar-refractivity contribution >= 4 is 5.91 Å². The van der Waals surface area contributed by atoms with Gasteiger partial charge >= 0.3 is 0 Å². The van der Waals surface area contributed by atoms with E-state index in [2.05, 4.69) is 10.3 Å². The third-order valence-corrected chi connectivity index (χ3v) is 2.25. The highest BCUT2D eigenvalue weighted by molar-refractivity contribution is 5.92. The minimum Gasteiger partial charge on any atom is -0.317 e. The number of rotatable bonds is 3. The summed E-state index contributed by atoms with van der Waals surface area (Å²) in [5, 5.41) is 2.24. The van der Waals surface area contributed by atoms with Crippen LogP contribution < -0.4 is 5.32 Å². The normalized spacial score (nSPS) is 11.8. The Balaban J connectivity index is 2.05. The number of alkyl halides is 1. The van der Waals surface area contributed by atoms with E-state index < -0.39 is 12.2 Å². The van der Waals surface area contributed by atoms with Gasteiger partial charge in [-0.1, -0.05) is 36.4 Å². The number of hydrogen-bond donors (Lipinski definition) is 1. The molecule has 4 heteroatoms. The van der Waals surface area contributed by atoms with Crippen LogP contribution in [0.25, 0.3) is 0 Å². The molecule has 0 aliphatic heterocycles. The van der Waals surface area contributed by atoms with Crippen molar-refractivity contribution in [2.75, 3.05) is 0 Å². The highest BCUT2D eigenvalue weighted by Crippen LogP contribution is 2.13. The maximum Gasteiger partial charge on any atom is 0.272 e. The molecule has 86 valence electrons. The predicted octanol–water partition coefficient (Wildman–Crippen LogP) is 2.48. The van der Waals surface area contributed by atoms with Crippen LogP contribution in [0.5, 0.6) is 0 Å². The van der Waals surface area contributed by atoms with Crippen LogP contribution >= 0.6 is 0 Å². The second kappa shape index (κ2) is 5.21. The molecule has 1 amide bonds. The minimum atomic E-state index is -1.52. The van der Waals surface area contributed by atoms with Gasteiger partial charge in [-0.2, -0.15) is 0 Å². The van der Waals surface area contributed by atoms with Crippen molar-refractivity contribution < 1.29 is 9.18 Å². The van der Waals surface area contributed by atoms with Crippen LogP contribution in [0.1, 0.15) is 22.3 Å². The Labute approximate surface area is 98.3 Å². The molecule has 0 fully saturated rings. The largest absolute Gasteiger partial charge is 0.317 e. The first-order chi connectivity index (χ1) is 8.27. The summed E-state index contributed by atoms with van der Waals surface area (Å²) >= 11 is 0. The highest BCUT2D eigenvalue weighted by atomic mass is 19.1. The molecule has 1 unspecified atom stereocenters. The van der Waals surface area contributed by atoms with Gasteiger partial charge in [-0.05, 0) is 12.1 Å². The SMILES string of the molecule is O=C(NC(F)c1ccccc1)c1ccccn1. The average molecular weight is 230 g/mol. The van der Waals surface area contributed by atoms with Gasteiger partial charge in [0.1, 0.15) is 5.69 Å². The van der Waals surface area contributed by atoms with E-state index in [1.165, 1.54) is 12.3 Å². The highest BCUT2D eigenvalue weighted by Gasteiger charge is 2.14. The zero-order chi connectivity index (χ0) is 12.1. The summed E-state index contributed by atoms with van der Waals surface area (Å²) in [7, 11) is 0. The molecule has 0 saturated carbocycles. The van der Waals surface area contributed by atoms with E-state index in [1.807, 2.05) is 0 Å². The molecule has 0 aliphatic carbocycles. The summed E-state index contributed by atoms with van der Waals surface area (Å²) in [5.74, 6) is -0.526. The zero-order valence-electron chi connectivity index (χ0n) is 9.01. The van der Waals surface area contributed by atoms with Crippen molar-refractivity contribution in [3.63, 3.8) is 0 Å². The van der Waals surface area contributed by atoms with E-state index in [4.69, 9.17) is 0 Å². The number of nitrogens with one attached hydrogen (secondary N) is 1. The summed E-state index contributed by atoms with van der Waals surface area (Å²) in [4.78, 5) is 15.5. The van der Waals surface area contributed by atoms with Crippen LogP contribution in [-0.4, -0.2) is 10.9 Å². The van der Waals surface area contributed by atoms with Crippen molar-refractivity contribution in [2.45, 2.75) is 6.30 Å². The van der Waals surface area contributed by atoms with E-state index in [0.717, 1.165) is 0 Å². The Bertz CT molecular complexity index is 487. The van der Waals surface area contributed by atoms with Gasteiger partial charge in [-0.3, -0.25) is 9.78 Å². The maximum absolute atomic E-state index is 13.7. The number of nitrogens with zero attached hydrogens (tertiary/aromatic N) is 1. The van der Waals surface area contributed by atoms with Crippen LogP contribution in [0, 0.1) is 0 Å². The molecule has 1 aromatic carbocycles. The first kappa shape index (κ1) is 11.3. The molecule has 2 aromatic rings. The van der Waals surface area contributed by atoms with Crippen molar-refractivity contribution in [1.29, 1.82) is 0 Å². The van der Waals surface area contributed by atoms with Gasteiger partial charge in [0.05, 0.1) is 0 Å². The van der Waals surface area contributed by atoms with Crippen molar-refractivity contribution in [3.05, 3.63) is 66.0 Å². The molecule has 1 atom stereocenters. The molecule has 1 heterocycles. The Morgan fingerprint density at radius 3 is 2.47 bits per heavy atom. The lowest BCUT2D eigenvalue weighted by Crippen LogP contribution is -2.26. The number of amides is 1. The number of hydrogen-bond acceptors (Lipinski definition) is 2. The summed E-state index contributed by atoms with van der Waals surface area (Å²) in [6.45, 7) is 0. The Kier molecular flexibility index (Phi) is 3.45. The summed E-state index contributed by atoms with van der Waals surface area (Å²) in [6, 6.07) is 13.4. The lowest BCUT2D eigenvalue weighted by Gasteiger charge is -2.10. The number of carbonyl (C=O) groups excluding carboxylic acids is 1. The Morgan fingerprint density at radius 1 is 1.12 bits per heavy atom. The molecule has 2 rings (SSSR count). The van der Waals surface area contributed by atoms with Crippen LogP contribution in [-0.2, 0) is 0 Å². The Morgan fingerprint density at radius 2 is 1.82 bits per heavy atom. The predicted molar refractivity (Wildman–Crippen MR) is 62.0 cm³/mol. The van der Waals surface area contributed by atoms with E-state index in [0.29, 0.717) is 5.56 Å². The molecule has 0 radical (unpaired) electrons. The molecule has 1 N–H and O–H groups in total. The lowest BCUT2D eigenvalue weighted by atomic mass is 10.2. The van der Waals surface area contributed by atoms with Crippen LogP contribution in [0.2, 0.25) is 0 Å². The molecule has 3 nitrogen and oxygen atoms in total. The molecule has 17 heavy (non-hydrogen) atoms. The molecule has 0 saturated heterocycles. The van der Waals surface area contributed by atoms with Crippen molar-refractivity contribution in [3.8, 4) is 0 Å². The van der Waals surface area contributed by atoms with Gasteiger partial charge in [0, 0.05) is 11.8 Å². The number of aromatic nitrogens is 1. The monoisotopic (exact) mass is 230 g/mol. The fraction of sp³-hybridized carbons (Fsp3) is 0.0769. The van der Waals surface area contributed by atoms with Gasteiger partial charge in [0.15, 0.2) is 6.30 Å². The van der Waals surface area contributed by atoms with Crippen LogP contribution in [0.4, 0.5) is 4.39 Å². The fourth-order valence-electron chi connectivity index (χ4n) is 1.39. The van der Waals surface area contributed by atoms with Gasteiger partial charge in [0.25, 0.3) is 5.91 Å². The Hall–Kier alpha value is -2.23. The first-order valence-electron chi connectivity index (χ1n) is 5.18. The van der Waals surface area contributed by atoms with E-state index in [-0.39, 0.29) is 5.69 Å². The molecular formula is C13H11FN2O. The third-order valence-electron chi connectivity index (χ3n) is 2.25. The van der Waals surface area contributed by atoms with Crippen molar-refractivity contribution in [2.24, 2.45) is 0 Å². The quantitative estimate of drug-likeness (QED) is 0.823. The van der Waals surface area contributed by atoms with E-state index >= 15 is 0 Å². The summed E-state index contributed by atoms with van der Waals surface area (Å²) in [6.07, 6.45) is -0.0318. The second-order valence-electron chi connectivity index (χ2n) is 3.46. The second-order valence-corrected chi connectivity index (χ2v) is 3.46. The smallest absolute Gasteiger partial charge is 0.272 e. The number of halogens is 1. The first-order valence-corrected chi connectivity index (χ1v) is 5.18. The van der Waals surface area contributed by atoms with Gasteiger partial charge in [0.2, 0.25) is 0 Å². The molecular weight excluding hydrogens is 219 g/mol. The van der Waals surface area contributed by atoms with Crippen LogP contribution in [0.15, 0.2) is 54.7 Å². The molecule has 0 spiro atoms. The molecule has 0 aliphatic rings. The van der Waals surface area contributed by atoms with E-state index in [1.54, 1.807) is 42.5 Å². The standard InChI is InChI=1S/C13H11FN2O/c14-12(10-6-2-1-3-7-10)16-13(17)11-8-4-5-9-15-11/h1-9,12H,(H,16,17).